The predicted molar refractivity (Wildman–Crippen MR) is 177 cm³/mol. The number of thiazole rings is 1. The van der Waals surface area contributed by atoms with Crippen LogP contribution in [-0.2, 0) is 4.79 Å². The first-order valence-corrected chi connectivity index (χ1v) is 17.5. The van der Waals surface area contributed by atoms with Gasteiger partial charge in [-0.1, -0.05) is 53.8 Å². The van der Waals surface area contributed by atoms with E-state index in [1.165, 1.54) is 43.4 Å². The van der Waals surface area contributed by atoms with Crippen LogP contribution in [-0.4, -0.2) is 79.0 Å². The Morgan fingerprint density at radius 2 is 1.70 bits per heavy atom. The van der Waals surface area contributed by atoms with Crippen LogP contribution in [0.1, 0.15) is 55.3 Å². The van der Waals surface area contributed by atoms with Gasteiger partial charge in [-0.3, -0.25) is 19.8 Å². The number of amides is 2. The van der Waals surface area contributed by atoms with Crippen molar-refractivity contribution < 1.29 is 9.59 Å². The van der Waals surface area contributed by atoms with Crippen LogP contribution in [0.25, 0.3) is 10.6 Å². The summed E-state index contributed by atoms with van der Waals surface area (Å²) < 4.78 is 0. The molecule has 9 nitrogen and oxygen atoms in total. The zero-order valence-electron chi connectivity index (χ0n) is 24.3. The lowest BCUT2D eigenvalue weighted by Crippen LogP contribution is -2.50. The summed E-state index contributed by atoms with van der Waals surface area (Å²) in [5.41, 5.74) is 1.22. The molecular weight excluding hydrogens is 625 g/mol. The molecule has 3 fully saturated rings. The number of carbonyl (C=O) groups is 2. The van der Waals surface area contributed by atoms with Gasteiger partial charge in [-0.25, -0.2) is 9.97 Å². The zero-order valence-corrected chi connectivity index (χ0v) is 27.4. The first-order valence-electron chi connectivity index (χ1n) is 15.1. The van der Waals surface area contributed by atoms with Gasteiger partial charge in [0, 0.05) is 69.9 Å². The monoisotopic (exact) mass is 661 g/mol. The van der Waals surface area contributed by atoms with Gasteiger partial charge in [-0.15, -0.1) is 11.3 Å². The van der Waals surface area contributed by atoms with Gasteiger partial charge in [0.15, 0.2) is 5.13 Å². The van der Waals surface area contributed by atoms with E-state index in [1.54, 1.807) is 30.6 Å². The number of halogens is 2. The van der Waals surface area contributed by atoms with Gasteiger partial charge in [-0.05, 0) is 37.8 Å². The minimum atomic E-state index is -0.308. The van der Waals surface area contributed by atoms with Crippen LogP contribution in [0.5, 0.6) is 0 Å². The van der Waals surface area contributed by atoms with Crippen LogP contribution in [0.15, 0.2) is 23.7 Å². The van der Waals surface area contributed by atoms with E-state index in [-0.39, 0.29) is 17.7 Å². The molecule has 2 saturated heterocycles. The molecule has 2 aliphatic heterocycles. The minimum absolute atomic E-state index is 0.00381. The van der Waals surface area contributed by atoms with Crippen molar-refractivity contribution in [3.8, 4) is 10.6 Å². The molecule has 0 spiro atoms. The number of hydrogen-bond donors (Lipinski definition) is 2. The Morgan fingerprint density at radius 3 is 2.35 bits per heavy atom. The molecule has 0 radical (unpaired) electrons. The van der Waals surface area contributed by atoms with Crippen molar-refractivity contribution in [3.05, 3.63) is 39.3 Å². The molecule has 43 heavy (non-hydrogen) atoms. The Bertz CT molecular complexity index is 1440. The van der Waals surface area contributed by atoms with Crippen molar-refractivity contribution in [3.63, 3.8) is 0 Å². The molecule has 0 unspecified atom stereocenters. The highest BCUT2D eigenvalue weighted by molar-refractivity contribution is 7.21. The minimum Gasteiger partial charge on any atom is -0.359 e. The molecular formula is C30H37Cl2N7O2S2. The Morgan fingerprint density at radius 1 is 0.953 bits per heavy atom. The van der Waals surface area contributed by atoms with E-state index in [0.717, 1.165) is 54.6 Å². The molecule has 2 N–H and O–H groups in total. The number of pyridine rings is 1. The topological polar surface area (TPSA) is 93.7 Å². The molecule has 6 rings (SSSR count). The van der Waals surface area contributed by atoms with Crippen LogP contribution in [0.3, 0.4) is 0 Å². The lowest BCUT2D eigenvalue weighted by atomic mass is 9.94. The molecule has 230 valence electrons. The number of thiophene rings is 1. The first-order chi connectivity index (χ1) is 20.9. The number of aromatic nitrogens is 2. The number of anilines is 3. The third kappa shape index (κ3) is 6.96. The Labute approximate surface area is 270 Å². The highest BCUT2D eigenvalue weighted by Gasteiger charge is 2.29. The van der Waals surface area contributed by atoms with Crippen LogP contribution in [0, 0.1) is 5.92 Å². The lowest BCUT2D eigenvalue weighted by Gasteiger charge is -2.41. The molecule has 0 aromatic carbocycles. The normalized spacial score (nSPS) is 19.0. The van der Waals surface area contributed by atoms with Crippen molar-refractivity contribution >= 4 is 73.6 Å². The summed E-state index contributed by atoms with van der Waals surface area (Å²) >= 11 is 16.0. The van der Waals surface area contributed by atoms with Crippen molar-refractivity contribution in [2.45, 2.75) is 51.0 Å². The van der Waals surface area contributed by atoms with Gasteiger partial charge in [0.25, 0.3) is 5.91 Å². The average molecular weight is 663 g/mol. The van der Waals surface area contributed by atoms with E-state index < -0.39 is 0 Å². The molecule has 3 aromatic heterocycles. The summed E-state index contributed by atoms with van der Waals surface area (Å²) in [7, 11) is 1.67. The average Bonchev–Trinajstić information content (AvgIpc) is 3.67. The van der Waals surface area contributed by atoms with Gasteiger partial charge >= 0.3 is 0 Å². The number of carbonyl (C=O) groups excluding carboxylic acids is 2. The molecule has 3 aliphatic rings. The summed E-state index contributed by atoms with van der Waals surface area (Å²) in [6.45, 7) is 5.30. The summed E-state index contributed by atoms with van der Waals surface area (Å²) in [5, 5.41) is 10.3. The largest absolute Gasteiger partial charge is 0.359 e. The van der Waals surface area contributed by atoms with Crippen molar-refractivity contribution in [2.75, 3.05) is 61.4 Å². The van der Waals surface area contributed by atoms with Crippen LogP contribution in [0.2, 0.25) is 10.0 Å². The zero-order chi connectivity index (χ0) is 29.9. The fourth-order valence-corrected chi connectivity index (χ4v) is 8.87. The molecule has 13 heteroatoms. The van der Waals surface area contributed by atoms with Gasteiger partial charge in [0.1, 0.15) is 16.5 Å². The molecule has 0 bridgehead atoms. The predicted octanol–water partition coefficient (Wildman–Crippen LogP) is 6.24. The SMILES string of the molecule is CNC(=O)C1CCN(c2ncc(C(=O)Nc3nc(-c4cc(Cl)cs4)c(N4CCN(C5CCCCC5)CC4)s3)cc2Cl)CC1. The van der Waals surface area contributed by atoms with E-state index in [4.69, 9.17) is 28.2 Å². The summed E-state index contributed by atoms with van der Waals surface area (Å²) in [4.78, 5) is 42.8. The Hall–Kier alpha value is -2.44. The van der Waals surface area contributed by atoms with Crippen LogP contribution < -0.4 is 20.4 Å². The van der Waals surface area contributed by atoms with E-state index >= 15 is 0 Å². The number of hydrogen-bond acceptors (Lipinski definition) is 9. The van der Waals surface area contributed by atoms with E-state index in [1.807, 2.05) is 11.4 Å². The van der Waals surface area contributed by atoms with E-state index in [2.05, 4.69) is 30.3 Å². The maximum Gasteiger partial charge on any atom is 0.259 e. The molecule has 2 amide bonds. The highest BCUT2D eigenvalue weighted by atomic mass is 35.5. The molecule has 3 aromatic rings. The third-order valence-corrected chi connectivity index (χ3v) is 11.4. The number of rotatable bonds is 7. The van der Waals surface area contributed by atoms with Crippen molar-refractivity contribution in [1.29, 1.82) is 0 Å². The second-order valence-corrected chi connectivity index (χ2v) is 14.2. The Balaban J connectivity index is 1.15. The second kappa shape index (κ2) is 13.7. The number of piperazine rings is 1. The molecule has 1 saturated carbocycles. The van der Waals surface area contributed by atoms with Crippen molar-refractivity contribution in [1.82, 2.24) is 20.2 Å². The fraction of sp³-hybridized carbons (Fsp3) is 0.533. The smallest absolute Gasteiger partial charge is 0.259 e. The summed E-state index contributed by atoms with van der Waals surface area (Å²) in [6.07, 6.45) is 9.70. The number of nitrogens with zero attached hydrogens (tertiary/aromatic N) is 5. The van der Waals surface area contributed by atoms with E-state index in [9.17, 15) is 9.59 Å². The van der Waals surface area contributed by atoms with Gasteiger partial charge < -0.3 is 15.1 Å². The van der Waals surface area contributed by atoms with E-state index in [0.29, 0.717) is 45.7 Å². The van der Waals surface area contributed by atoms with Crippen LogP contribution in [0.4, 0.5) is 16.0 Å². The maximum atomic E-state index is 13.3. The molecule has 0 atom stereocenters. The Kier molecular flexibility index (Phi) is 9.73. The quantitative estimate of drug-likeness (QED) is 0.309. The standard InChI is InChI=1S/C30H37Cl2N7O2S2/c1-33-27(40)19-7-9-38(10-8-19)26-23(32)15-20(17-34-26)28(41)36-30-35-25(24-16-21(31)18-42-24)29(43-30)39-13-11-37(12-14-39)22-5-3-2-4-6-22/h15-19,22H,2-14H2,1H3,(H,33,40)(H,35,36,41). The summed E-state index contributed by atoms with van der Waals surface area (Å²) in [6, 6.07) is 4.31. The highest BCUT2D eigenvalue weighted by Crippen LogP contribution is 2.42. The van der Waals surface area contributed by atoms with Crippen LogP contribution >= 0.6 is 45.9 Å². The molecule has 5 heterocycles. The lowest BCUT2D eigenvalue weighted by molar-refractivity contribution is -0.125. The first kappa shape index (κ1) is 30.6. The van der Waals surface area contributed by atoms with Gasteiger partial charge in [-0.2, -0.15) is 0 Å². The van der Waals surface area contributed by atoms with Crippen molar-refractivity contribution in [2.24, 2.45) is 5.92 Å². The maximum absolute atomic E-state index is 13.3. The number of piperidine rings is 1. The summed E-state index contributed by atoms with van der Waals surface area (Å²) in [5.74, 6) is 0.402. The third-order valence-electron chi connectivity index (χ3n) is 8.82. The fourth-order valence-electron chi connectivity index (χ4n) is 6.43. The second-order valence-electron chi connectivity index (χ2n) is 11.5. The number of nitrogens with one attached hydrogen (secondary N) is 2. The van der Waals surface area contributed by atoms with Gasteiger partial charge in [0.2, 0.25) is 5.91 Å². The molecule has 1 aliphatic carbocycles. The van der Waals surface area contributed by atoms with Gasteiger partial charge in [0.05, 0.1) is 20.5 Å².